The molecule has 9 heavy (non-hydrogen) atoms. The Morgan fingerprint density at radius 2 is 2.11 bits per heavy atom. The average Bonchev–Trinajstić information content (AvgIpc) is 2.14. The summed E-state index contributed by atoms with van der Waals surface area (Å²) in [5.41, 5.74) is 0. The van der Waals surface area contributed by atoms with E-state index < -0.39 is 7.12 Å². The monoisotopic (exact) mass is 144 g/mol. The first-order chi connectivity index (χ1) is 4.20. The molecule has 0 saturated heterocycles. The standard InChI is InChI=1S/C3H5BN2O2S/c1-2-5-6-3(9-2)4(7)8/h7-8H,1H3. The maximum atomic E-state index is 8.50. The predicted octanol–water partition coefficient (Wildman–Crippen LogP) is -1.47. The Labute approximate surface area is 56.3 Å². The van der Waals surface area contributed by atoms with Crippen molar-refractivity contribution in [1.29, 1.82) is 0 Å². The summed E-state index contributed by atoms with van der Waals surface area (Å²) in [6.07, 6.45) is 0. The molecule has 1 aromatic heterocycles. The zero-order valence-corrected chi connectivity index (χ0v) is 5.59. The quantitative estimate of drug-likeness (QED) is 0.472. The summed E-state index contributed by atoms with van der Waals surface area (Å²) in [4.78, 5) is 0.243. The summed E-state index contributed by atoms with van der Waals surface area (Å²) < 4.78 is 0. The molecule has 0 atom stereocenters. The van der Waals surface area contributed by atoms with E-state index in [-0.39, 0.29) is 4.91 Å². The van der Waals surface area contributed by atoms with Crippen LogP contribution in [-0.2, 0) is 0 Å². The minimum atomic E-state index is -1.48. The third kappa shape index (κ3) is 1.47. The first-order valence-electron chi connectivity index (χ1n) is 2.36. The lowest BCUT2D eigenvalue weighted by molar-refractivity contribution is 0.425. The van der Waals surface area contributed by atoms with Crippen LogP contribution in [0.15, 0.2) is 0 Å². The van der Waals surface area contributed by atoms with E-state index in [0.717, 1.165) is 5.01 Å². The maximum absolute atomic E-state index is 8.50. The fourth-order valence-corrected chi connectivity index (χ4v) is 0.988. The molecule has 1 heterocycles. The molecule has 6 heteroatoms. The van der Waals surface area contributed by atoms with Crippen molar-refractivity contribution in [3.63, 3.8) is 0 Å². The van der Waals surface area contributed by atoms with E-state index in [0.29, 0.717) is 0 Å². The number of nitrogens with zero attached hydrogens (tertiary/aromatic N) is 2. The van der Waals surface area contributed by atoms with Crippen molar-refractivity contribution in [3.8, 4) is 0 Å². The van der Waals surface area contributed by atoms with E-state index in [9.17, 15) is 0 Å². The third-order valence-corrected chi connectivity index (χ3v) is 1.64. The van der Waals surface area contributed by atoms with Crippen LogP contribution in [0, 0.1) is 6.92 Å². The Kier molecular flexibility index (Phi) is 1.79. The van der Waals surface area contributed by atoms with Gasteiger partial charge in [0.25, 0.3) is 0 Å². The van der Waals surface area contributed by atoms with Crippen LogP contribution < -0.4 is 4.91 Å². The summed E-state index contributed by atoms with van der Waals surface area (Å²) in [7, 11) is -1.48. The van der Waals surface area contributed by atoms with Gasteiger partial charge in [0.2, 0.25) is 0 Å². The van der Waals surface area contributed by atoms with Crippen LogP contribution in [0.25, 0.3) is 0 Å². The molecule has 0 spiro atoms. The number of aromatic nitrogens is 2. The highest BCUT2D eigenvalue weighted by molar-refractivity contribution is 7.21. The molecule has 0 fully saturated rings. The van der Waals surface area contributed by atoms with E-state index in [2.05, 4.69) is 10.2 Å². The maximum Gasteiger partial charge on any atom is 0.521 e. The smallest absolute Gasteiger partial charge is 0.422 e. The van der Waals surface area contributed by atoms with E-state index in [1.54, 1.807) is 6.92 Å². The second kappa shape index (κ2) is 2.42. The van der Waals surface area contributed by atoms with Gasteiger partial charge in [-0.15, -0.1) is 21.5 Å². The Hall–Kier alpha value is -0.455. The second-order valence-corrected chi connectivity index (χ2v) is 2.75. The van der Waals surface area contributed by atoms with Crippen molar-refractivity contribution in [1.82, 2.24) is 10.2 Å². The van der Waals surface area contributed by atoms with Crippen molar-refractivity contribution in [3.05, 3.63) is 5.01 Å². The topological polar surface area (TPSA) is 66.2 Å². The minimum absolute atomic E-state index is 0.243. The molecular formula is C3H5BN2O2S. The number of hydrogen-bond donors (Lipinski definition) is 2. The molecule has 1 aromatic rings. The van der Waals surface area contributed by atoms with Gasteiger partial charge in [-0.1, -0.05) is 0 Å². The SMILES string of the molecule is Cc1nnc(B(O)O)s1. The van der Waals surface area contributed by atoms with Crippen molar-refractivity contribution >= 4 is 23.4 Å². The minimum Gasteiger partial charge on any atom is -0.422 e. The Morgan fingerprint density at radius 1 is 1.44 bits per heavy atom. The number of rotatable bonds is 1. The van der Waals surface area contributed by atoms with Gasteiger partial charge in [0.15, 0.2) is 0 Å². The summed E-state index contributed by atoms with van der Waals surface area (Å²) in [6.45, 7) is 1.75. The van der Waals surface area contributed by atoms with Crippen LogP contribution in [0.2, 0.25) is 0 Å². The van der Waals surface area contributed by atoms with E-state index in [4.69, 9.17) is 10.0 Å². The van der Waals surface area contributed by atoms with Crippen LogP contribution in [0.4, 0.5) is 0 Å². The molecule has 4 nitrogen and oxygen atoms in total. The van der Waals surface area contributed by atoms with Crippen molar-refractivity contribution in [2.24, 2.45) is 0 Å². The predicted molar refractivity (Wildman–Crippen MR) is 34.5 cm³/mol. The molecule has 0 bridgehead atoms. The average molecular weight is 144 g/mol. The molecule has 0 saturated carbocycles. The molecule has 48 valence electrons. The van der Waals surface area contributed by atoms with Crippen LogP contribution in [0.3, 0.4) is 0 Å². The molecule has 0 unspecified atom stereocenters. The summed E-state index contributed by atoms with van der Waals surface area (Å²) >= 11 is 1.17. The molecule has 0 aromatic carbocycles. The lowest BCUT2D eigenvalue weighted by Gasteiger charge is -1.84. The normalized spacial score (nSPS) is 9.67. The third-order valence-electron chi connectivity index (χ3n) is 0.763. The van der Waals surface area contributed by atoms with Gasteiger partial charge < -0.3 is 10.0 Å². The molecule has 0 aliphatic rings. The molecule has 0 amide bonds. The summed E-state index contributed by atoms with van der Waals surface area (Å²) in [5, 5.41) is 24.8. The van der Waals surface area contributed by atoms with Gasteiger partial charge in [-0.25, -0.2) is 0 Å². The lowest BCUT2D eigenvalue weighted by Crippen LogP contribution is -2.29. The summed E-state index contributed by atoms with van der Waals surface area (Å²) in [6, 6.07) is 0. The van der Waals surface area contributed by atoms with Crippen molar-refractivity contribution in [2.75, 3.05) is 0 Å². The summed E-state index contributed by atoms with van der Waals surface area (Å²) in [5.74, 6) is 0. The van der Waals surface area contributed by atoms with Crippen LogP contribution in [-0.4, -0.2) is 27.4 Å². The number of aryl methyl sites for hydroxylation is 1. The van der Waals surface area contributed by atoms with Gasteiger partial charge in [-0.2, -0.15) is 0 Å². The fraction of sp³-hybridized carbons (Fsp3) is 0.333. The van der Waals surface area contributed by atoms with Crippen LogP contribution in [0.5, 0.6) is 0 Å². The first kappa shape index (κ1) is 6.66. The van der Waals surface area contributed by atoms with Gasteiger partial charge in [0.05, 0.1) is 0 Å². The zero-order valence-electron chi connectivity index (χ0n) is 4.77. The van der Waals surface area contributed by atoms with Gasteiger partial charge in [0, 0.05) is 0 Å². The van der Waals surface area contributed by atoms with E-state index in [1.165, 1.54) is 11.3 Å². The fourth-order valence-electron chi connectivity index (χ4n) is 0.416. The van der Waals surface area contributed by atoms with E-state index in [1.807, 2.05) is 0 Å². The number of hydrogen-bond acceptors (Lipinski definition) is 5. The Morgan fingerprint density at radius 3 is 2.33 bits per heavy atom. The Bertz CT molecular complexity index is 201. The molecule has 2 N–H and O–H groups in total. The van der Waals surface area contributed by atoms with Crippen molar-refractivity contribution in [2.45, 2.75) is 6.92 Å². The van der Waals surface area contributed by atoms with Crippen LogP contribution in [0.1, 0.15) is 5.01 Å². The van der Waals surface area contributed by atoms with Gasteiger partial charge in [0.1, 0.15) is 9.91 Å². The van der Waals surface area contributed by atoms with E-state index >= 15 is 0 Å². The molecular weight excluding hydrogens is 139 g/mol. The highest BCUT2D eigenvalue weighted by Crippen LogP contribution is 1.94. The van der Waals surface area contributed by atoms with Crippen LogP contribution >= 0.6 is 11.3 Å². The second-order valence-electron chi connectivity index (χ2n) is 1.53. The molecule has 1 rings (SSSR count). The van der Waals surface area contributed by atoms with Gasteiger partial charge >= 0.3 is 7.12 Å². The Balaban J connectivity index is 2.85. The zero-order chi connectivity index (χ0) is 6.85. The van der Waals surface area contributed by atoms with Gasteiger partial charge in [-0.3, -0.25) is 0 Å². The molecule has 0 aliphatic carbocycles. The first-order valence-corrected chi connectivity index (χ1v) is 3.18. The molecule has 0 radical (unpaired) electrons. The van der Waals surface area contributed by atoms with Gasteiger partial charge in [-0.05, 0) is 6.92 Å². The van der Waals surface area contributed by atoms with Crippen molar-refractivity contribution < 1.29 is 10.0 Å². The highest BCUT2D eigenvalue weighted by atomic mass is 32.1. The largest absolute Gasteiger partial charge is 0.521 e. The highest BCUT2D eigenvalue weighted by Gasteiger charge is 2.15. The molecule has 0 aliphatic heterocycles. The lowest BCUT2D eigenvalue weighted by atomic mass is 9.95.